The van der Waals surface area contributed by atoms with E-state index in [0.29, 0.717) is 25.3 Å². The van der Waals surface area contributed by atoms with Crippen molar-refractivity contribution >= 4 is 17.5 Å². The lowest BCUT2D eigenvalue weighted by molar-refractivity contribution is -0.135. The molecule has 102 valence electrons. The number of anilines is 1. The quantitative estimate of drug-likeness (QED) is 0.903. The van der Waals surface area contributed by atoms with Gasteiger partial charge in [-0.3, -0.25) is 9.59 Å². The van der Waals surface area contributed by atoms with E-state index in [1.165, 1.54) is 0 Å². The molecule has 0 saturated carbocycles. The van der Waals surface area contributed by atoms with E-state index in [1.807, 2.05) is 30.3 Å². The predicted molar refractivity (Wildman–Crippen MR) is 74.7 cm³/mol. The summed E-state index contributed by atoms with van der Waals surface area (Å²) in [6.07, 6.45) is 2.00. The average molecular weight is 260 g/mol. The first-order valence-corrected chi connectivity index (χ1v) is 6.78. The lowest BCUT2D eigenvalue weighted by atomic mass is 9.98. The minimum atomic E-state index is -0.0439. The van der Waals surface area contributed by atoms with Crippen LogP contribution in [0, 0.1) is 5.92 Å². The number of amides is 2. The molecule has 1 saturated heterocycles. The molecule has 2 amide bonds. The van der Waals surface area contributed by atoms with Gasteiger partial charge in [0, 0.05) is 31.6 Å². The highest BCUT2D eigenvalue weighted by atomic mass is 16.2. The second-order valence-electron chi connectivity index (χ2n) is 5.14. The van der Waals surface area contributed by atoms with Gasteiger partial charge in [-0.15, -0.1) is 0 Å². The lowest BCUT2D eigenvalue weighted by Gasteiger charge is -2.29. The fourth-order valence-corrected chi connectivity index (χ4v) is 2.25. The summed E-state index contributed by atoms with van der Waals surface area (Å²) in [6.45, 7) is 3.39. The van der Waals surface area contributed by atoms with Gasteiger partial charge >= 0.3 is 0 Å². The van der Waals surface area contributed by atoms with Crippen molar-refractivity contribution in [1.29, 1.82) is 0 Å². The fourth-order valence-electron chi connectivity index (χ4n) is 2.25. The molecule has 1 aliphatic heterocycles. The van der Waals surface area contributed by atoms with Gasteiger partial charge in [-0.25, -0.2) is 0 Å². The third kappa shape index (κ3) is 4.09. The fraction of sp³-hybridized carbons (Fsp3) is 0.467. The largest absolute Gasteiger partial charge is 0.342 e. The average Bonchev–Trinajstić information content (AvgIpc) is 2.39. The van der Waals surface area contributed by atoms with Crippen molar-refractivity contribution in [1.82, 2.24) is 4.90 Å². The third-order valence-corrected chi connectivity index (χ3v) is 3.43. The summed E-state index contributed by atoms with van der Waals surface area (Å²) < 4.78 is 0. The number of nitrogens with one attached hydrogen (secondary N) is 1. The molecule has 2 rings (SSSR count). The highest BCUT2D eigenvalue weighted by Crippen LogP contribution is 2.17. The molecule has 4 heteroatoms. The molecule has 1 aromatic rings. The zero-order valence-electron chi connectivity index (χ0n) is 11.3. The molecular formula is C15H20N2O2. The maximum atomic E-state index is 11.8. The van der Waals surface area contributed by atoms with Gasteiger partial charge in [0.25, 0.3) is 0 Å². The Hall–Kier alpha value is -1.84. The lowest BCUT2D eigenvalue weighted by Crippen LogP contribution is -2.39. The zero-order valence-corrected chi connectivity index (χ0v) is 11.3. The molecule has 1 fully saturated rings. The van der Waals surface area contributed by atoms with Crippen molar-refractivity contribution in [2.45, 2.75) is 26.2 Å². The minimum absolute atomic E-state index is 0.0439. The Balaban J connectivity index is 1.76. The number of nitrogens with zero attached hydrogens (tertiary/aromatic N) is 1. The standard InChI is InChI=1S/C15H20N2O2/c1-12-7-9-17(15(19)11-12)10-8-14(18)16-13-5-3-2-4-6-13/h2-6,12H,7-11H2,1H3,(H,16,18). The molecule has 4 nitrogen and oxygen atoms in total. The maximum absolute atomic E-state index is 11.8. The number of para-hydroxylation sites is 1. The van der Waals surface area contributed by atoms with Crippen LogP contribution in [0.15, 0.2) is 30.3 Å². The van der Waals surface area contributed by atoms with Crippen molar-refractivity contribution < 1.29 is 9.59 Å². The van der Waals surface area contributed by atoms with Gasteiger partial charge < -0.3 is 10.2 Å². The van der Waals surface area contributed by atoms with E-state index in [0.717, 1.165) is 18.7 Å². The highest BCUT2D eigenvalue weighted by Gasteiger charge is 2.23. The third-order valence-electron chi connectivity index (χ3n) is 3.43. The minimum Gasteiger partial charge on any atom is -0.342 e. The summed E-state index contributed by atoms with van der Waals surface area (Å²) in [7, 11) is 0. The van der Waals surface area contributed by atoms with Gasteiger partial charge in [0.2, 0.25) is 11.8 Å². The summed E-state index contributed by atoms with van der Waals surface area (Å²) in [6, 6.07) is 9.37. The number of hydrogen-bond acceptors (Lipinski definition) is 2. The second kappa shape index (κ2) is 6.36. The number of carbonyl (C=O) groups excluding carboxylic acids is 2. The van der Waals surface area contributed by atoms with E-state index in [4.69, 9.17) is 0 Å². The second-order valence-corrected chi connectivity index (χ2v) is 5.14. The highest BCUT2D eigenvalue weighted by molar-refractivity contribution is 5.91. The SMILES string of the molecule is CC1CCN(CCC(=O)Nc2ccccc2)C(=O)C1. The molecule has 1 heterocycles. The molecule has 1 unspecified atom stereocenters. The summed E-state index contributed by atoms with van der Waals surface area (Å²) in [5, 5.41) is 2.83. The van der Waals surface area contributed by atoms with Crippen molar-refractivity contribution in [2.24, 2.45) is 5.92 Å². The Morgan fingerprint density at radius 2 is 2.11 bits per heavy atom. The van der Waals surface area contributed by atoms with Gasteiger partial charge in [-0.1, -0.05) is 25.1 Å². The number of benzene rings is 1. The predicted octanol–water partition coefficient (Wildman–Crippen LogP) is 2.27. The first kappa shape index (κ1) is 13.6. The first-order chi connectivity index (χ1) is 9.15. The Morgan fingerprint density at radius 3 is 2.79 bits per heavy atom. The molecule has 0 radical (unpaired) electrons. The van der Waals surface area contributed by atoms with Gasteiger partial charge in [0.05, 0.1) is 0 Å². The van der Waals surface area contributed by atoms with E-state index in [1.54, 1.807) is 4.90 Å². The van der Waals surface area contributed by atoms with Gasteiger partial charge in [0.15, 0.2) is 0 Å². The maximum Gasteiger partial charge on any atom is 0.226 e. The van der Waals surface area contributed by atoms with Crippen LogP contribution in [-0.4, -0.2) is 29.8 Å². The molecule has 19 heavy (non-hydrogen) atoms. The van der Waals surface area contributed by atoms with Crippen LogP contribution in [0.2, 0.25) is 0 Å². The van der Waals surface area contributed by atoms with E-state index >= 15 is 0 Å². The Labute approximate surface area is 113 Å². The van der Waals surface area contributed by atoms with Crippen molar-refractivity contribution in [3.05, 3.63) is 30.3 Å². The van der Waals surface area contributed by atoms with Crippen LogP contribution < -0.4 is 5.32 Å². The smallest absolute Gasteiger partial charge is 0.226 e. The Morgan fingerprint density at radius 1 is 1.37 bits per heavy atom. The summed E-state index contributed by atoms with van der Waals surface area (Å²) in [4.78, 5) is 25.3. The monoisotopic (exact) mass is 260 g/mol. The normalized spacial score (nSPS) is 19.3. The van der Waals surface area contributed by atoms with Crippen LogP contribution in [0.5, 0.6) is 0 Å². The van der Waals surface area contributed by atoms with Crippen LogP contribution in [0.25, 0.3) is 0 Å². The molecule has 0 bridgehead atoms. The molecule has 1 aliphatic rings. The Bertz CT molecular complexity index is 445. The molecule has 1 aromatic carbocycles. The van der Waals surface area contributed by atoms with Gasteiger partial charge in [-0.05, 0) is 24.5 Å². The summed E-state index contributed by atoms with van der Waals surface area (Å²) >= 11 is 0. The molecule has 1 atom stereocenters. The van der Waals surface area contributed by atoms with Crippen LogP contribution in [0.4, 0.5) is 5.69 Å². The number of hydrogen-bond donors (Lipinski definition) is 1. The topological polar surface area (TPSA) is 49.4 Å². The Kier molecular flexibility index (Phi) is 4.55. The molecule has 1 N–H and O–H groups in total. The first-order valence-electron chi connectivity index (χ1n) is 6.78. The summed E-state index contributed by atoms with van der Waals surface area (Å²) in [5.74, 6) is 0.603. The van der Waals surface area contributed by atoms with Gasteiger partial charge in [0.1, 0.15) is 0 Å². The van der Waals surface area contributed by atoms with Crippen LogP contribution in [-0.2, 0) is 9.59 Å². The number of carbonyl (C=O) groups is 2. The number of likely N-dealkylation sites (tertiary alicyclic amines) is 1. The number of piperidine rings is 1. The van der Waals surface area contributed by atoms with E-state index in [2.05, 4.69) is 12.2 Å². The molecular weight excluding hydrogens is 240 g/mol. The zero-order chi connectivity index (χ0) is 13.7. The van der Waals surface area contributed by atoms with Gasteiger partial charge in [-0.2, -0.15) is 0 Å². The van der Waals surface area contributed by atoms with E-state index < -0.39 is 0 Å². The summed E-state index contributed by atoms with van der Waals surface area (Å²) in [5.41, 5.74) is 0.797. The van der Waals surface area contributed by atoms with Crippen molar-refractivity contribution in [3.8, 4) is 0 Å². The van der Waals surface area contributed by atoms with E-state index in [9.17, 15) is 9.59 Å². The molecule has 0 aromatic heterocycles. The van der Waals surface area contributed by atoms with Crippen LogP contribution in [0.3, 0.4) is 0 Å². The molecule has 0 spiro atoms. The number of rotatable bonds is 4. The van der Waals surface area contributed by atoms with Crippen molar-refractivity contribution in [2.75, 3.05) is 18.4 Å². The van der Waals surface area contributed by atoms with Crippen molar-refractivity contribution in [3.63, 3.8) is 0 Å². The van der Waals surface area contributed by atoms with Crippen LogP contribution >= 0.6 is 0 Å². The molecule has 0 aliphatic carbocycles. The van der Waals surface area contributed by atoms with Crippen LogP contribution in [0.1, 0.15) is 26.2 Å². The van der Waals surface area contributed by atoms with E-state index in [-0.39, 0.29) is 11.8 Å².